The quantitative estimate of drug-likeness (QED) is 0.607. The summed E-state index contributed by atoms with van der Waals surface area (Å²) >= 11 is 1.98. The maximum Gasteiger partial charge on any atom is 0.0515 e. The van der Waals surface area contributed by atoms with Gasteiger partial charge < -0.3 is 5.11 Å². The molecule has 0 aliphatic carbocycles. The predicted octanol–water partition coefficient (Wildman–Crippen LogP) is 1.12. The summed E-state index contributed by atoms with van der Waals surface area (Å²) < 4.78 is 0. The van der Waals surface area contributed by atoms with Crippen LogP contribution in [0.15, 0.2) is 0 Å². The number of aliphatic hydroxyl groups is 1. The molecule has 0 saturated carbocycles. The Hall–Kier alpha value is 0.310. The third-order valence-corrected chi connectivity index (χ3v) is 2.80. The first kappa shape index (κ1) is 6.43. The highest BCUT2D eigenvalue weighted by Crippen LogP contribution is 2.27. The van der Waals surface area contributed by atoms with Crippen molar-refractivity contribution in [1.29, 1.82) is 0 Å². The minimum Gasteiger partial charge on any atom is -0.393 e. The van der Waals surface area contributed by atoms with E-state index in [2.05, 4.69) is 0 Å². The Bertz CT molecular complexity index is 68.9. The van der Waals surface area contributed by atoms with Crippen LogP contribution in [0.3, 0.4) is 0 Å². The second-order valence-corrected chi connectivity index (χ2v) is 3.56. The van der Waals surface area contributed by atoms with Crippen LogP contribution in [-0.2, 0) is 0 Å². The van der Waals surface area contributed by atoms with Gasteiger partial charge in [-0.15, -0.1) is 0 Å². The molecule has 0 aromatic carbocycles. The van der Waals surface area contributed by atoms with E-state index in [9.17, 15) is 0 Å². The number of thioether (sulfide) groups is 1. The number of aliphatic hydroxyl groups excluding tert-OH is 1. The van der Waals surface area contributed by atoms with Crippen LogP contribution in [0.2, 0.25) is 0 Å². The molecule has 1 heterocycles. The Morgan fingerprint density at radius 3 is 2.50 bits per heavy atom. The van der Waals surface area contributed by atoms with Crippen molar-refractivity contribution in [3.05, 3.63) is 0 Å². The zero-order chi connectivity index (χ0) is 5.98. The molecule has 0 spiro atoms. The van der Waals surface area contributed by atoms with E-state index in [1.165, 1.54) is 11.5 Å². The van der Waals surface area contributed by atoms with Crippen LogP contribution < -0.4 is 0 Å². The van der Waals surface area contributed by atoms with Crippen LogP contribution >= 0.6 is 11.8 Å². The van der Waals surface area contributed by atoms with Gasteiger partial charge in [0, 0.05) is 0 Å². The fraction of sp³-hybridized carbons (Fsp3) is 1.00. The summed E-state index contributed by atoms with van der Waals surface area (Å²) in [5.74, 6) is 3.36. The Kier molecular flexibility index (Phi) is 2.20. The van der Waals surface area contributed by atoms with Crippen molar-refractivity contribution in [1.82, 2.24) is 0 Å². The molecule has 0 amide bonds. The normalized spacial score (nSPS) is 24.8. The van der Waals surface area contributed by atoms with Gasteiger partial charge in [0.05, 0.1) is 6.10 Å². The molecule has 0 bridgehead atoms. The van der Waals surface area contributed by atoms with E-state index >= 15 is 0 Å². The van der Waals surface area contributed by atoms with E-state index in [0.29, 0.717) is 0 Å². The van der Waals surface area contributed by atoms with Crippen LogP contribution in [0.4, 0.5) is 0 Å². The molecule has 1 rings (SSSR count). The average Bonchev–Trinajstić information content (AvgIpc) is 1.55. The molecule has 1 N–H and O–H groups in total. The van der Waals surface area contributed by atoms with Crippen molar-refractivity contribution in [3.8, 4) is 0 Å². The molecule has 1 aliphatic heterocycles. The van der Waals surface area contributed by atoms with Crippen LogP contribution in [0.5, 0.6) is 0 Å². The van der Waals surface area contributed by atoms with Crippen LogP contribution in [0.25, 0.3) is 0 Å². The summed E-state index contributed by atoms with van der Waals surface area (Å²) in [6.45, 7) is 1.86. The Morgan fingerprint density at radius 1 is 1.75 bits per heavy atom. The van der Waals surface area contributed by atoms with E-state index in [4.69, 9.17) is 5.11 Å². The zero-order valence-corrected chi connectivity index (χ0v) is 5.95. The lowest BCUT2D eigenvalue weighted by atomic mass is 10.1. The van der Waals surface area contributed by atoms with E-state index in [1.807, 2.05) is 18.7 Å². The first-order chi connectivity index (χ1) is 3.79. The molecular formula is C6H12OS. The molecule has 1 saturated heterocycles. The molecule has 48 valence electrons. The number of hydrogen-bond donors (Lipinski definition) is 1. The highest BCUT2D eigenvalue weighted by atomic mass is 32.2. The van der Waals surface area contributed by atoms with Crippen molar-refractivity contribution >= 4 is 11.8 Å². The summed E-state index contributed by atoms with van der Waals surface area (Å²) in [7, 11) is 0. The summed E-state index contributed by atoms with van der Waals surface area (Å²) in [4.78, 5) is 0. The third-order valence-electron chi connectivity index (χ3n) is 1.38. The van der Waals surface area contributed by atoms with Gasteiger partial charge in [0.15, 0.2) is 0 Å². The molecule has 8 heavy (non-hydrogen) atoms. The van der Waals surface area contributed by atoms with Crippen molar-refractivity contribution < 1.29 is 5.11 Å². The van der Waals surface area contributed by atoms with Crippen LogP contribution in [0, 0.1) is 5.92 Å². The molecule has 0 radical (unpaired) electrons. The monoisotopic (exact) mass is 132 g/mol. The highest BCUT2D eigenvalue weighted by molar-refractivity contribution is 8.00. The lowest BCUT2D eigenvalue weighted by molar-refractivity contribution is 0.167. The van der Waals surface area contributed by atoms with Crippen LogP contribution in [0.1, 0.15) is 13.3 Å². The number of hydrogen-bond acceptors (Lipinski definition) is 2. The van der Waals surface area contributed by atoms with Gasteiger partial charge in [-0.3, -0.25) is 0 Å². The van der Waals surface area contributed by atoms with Crippen molar-refractivity contribution in [2.75, 3.05) is 11.5 Å². The maximum atomic E-state index is 8.88. The predicted molar refractivity (Wildman–Crippen MR) is 37.1 cm³/mol. The van der Waals surface area contributed by atoms with Crippen LogP contribution in [-0.4, -0.2) is 22.7 Å². The molecule has 1 aliphatic rings. The topological polar surface area (TPSA) is 20.2 Å². The SMILES string of the molecule is CC(O)CC1CSC1. The standard InChI is InChI=1S/C6H12OS/c1-5(7)2-6-3-8-4-6/h5-7H,2-4H2,1H3. The van der Waals surface area contributed by atoms with E-state index in [1.54, 1.807) is 0 Å². The lowest BCUT2D eigenvalue weighted by Crippen LogP contribution is -2.22. The second-order valence-electron chi connectivity index (χ2n) is 2.49. The van der Waals surface area contributed by atoms with Gasteiger partial charge in [0.2, 0.25) is 0 Å². The Morgan fingerprint density at radius 2 is 2.38 bits per heavy atom. The number of rotatable bonds is 2. The Balaban J connectivity index is 2.01. The van der Waals surface area contributed by atoms with Gasteiger partial charge in [0.1, 0.15) is 0 Å². The van der Waals surface area contributed by atoms with E-state index in [0.717, 1.165) is 12.3 Å². The molecule has 0 aromatic heterocycles. The first-order valence-corrected chi connectivity index (χ1v) is 4.20. The minimum absolute atomic E-state index is 0.0825. The third kappa shape index (κ3) is 1.67. The van der Waals surface area contributed by atoms with Crippen molar-refractivity contribution in [2.45, 2.75) is 19.4 Å². The first-order valence-electron chi connectivity index (χ1n) is 3.05. The smallest absolute Gasteiger partial charge is 0.0515 e. The van der Waals surface area contributed by atoms with Gasteiger partial charge in [-0.05, 0) is 30.8 Å². The molecule has 1 nitrogen and oxygen atoms in total. The van der Waals surface area contributed by atoms with Gasteiger partial charge in [-0.25, -0.2) is 0 Å². The van der Waals surface area contributed by atoms with E-state index in [-0.39, 0.29) is 6.10 Å². The molecule has 2 heteroatoms. The van der Waals surface area contributed by atoms with Gasteiger partial charge in [0.25, 0.3) is 0 Å². The molecular weight excluding hydrogens is 120 g/mol. The lowest BCUT2D eigenvalue weighted by Gasteiger charge is -2.25. The summed E-state index contributed by atoms with van der Waals surface area (Å²) in [5.41, 5.74) is 0. The van der Waals surface area contributed by atoms with Crippen molar-refractivity contribution in [2.24, 2.45) is 5.92 Å². The molecule has 1 fully saturated rings. The van der Waals surface area contributed by atoms with Gasteiger partial charge in [-0.1, -0.05) is 0 Å². The largest absolute Gasteiger partial charge is 0.393 e. The van der Waals surface area contributed by atoms with Crippen molar-refractivity contribution in [3.63, 3.8) is 0 Å². The van der Waals surface area contributed by atoms with E-state index < -0.39 is 0 Å². The maximum absolute atomic E-state index is 8.88. The fourth-order valence-corrected chi connectivity index (χ4v) is 1.74. The molecule has 1 atom stereocenters. The molecule has 1 unspecified atom stereocenters. The summed E-state index contributed by atoms with van der Waals surface area (Å²) in [5, 5.41) is 8.88. The fourth-order valence-electron chi connectivity index (χ4n) is 0.903. The zero-order valence-electron chi connectivity index (χ0n) is 5.13. The second kappa shape index (κ2) is 2.74. The Labute approximate surface area is 54.5 Å². The summed E-state index contributed by atoms with van der Waals surface area (Å²) in [6, 6.07) is 0. The minimum atomic E-state index is -0.0825. The average molecular weight is 132 g/mol. The molecule has 0 aromatic rings. The van der Waals surface area contributed by atoms with Gasteiger partial charge in [-0.2, -0.15) is 11.8 Å². The highest BCUT2D eigenvalue weighted by Gasteiger charge is 2.19. The summed E-state index contributed by atoms with van der Waals surface area (Å²) in [6.07, 6.45) is 0.924. The van der Waals surface area contributed by atoms with Gasteiger partial charge >= 0.3 is 0 Å².